The zero-order valence-electron chi connectivity index (χ0n) is 9.69. The molecule has 0 saturated carbocycles. The summed E-state index contributed by atoms with van der Waals surface area (Å²) < 4.78 is 5.30. The van der Waals surface area contributed by atoms with Crippen molar-refractivity contribution in [3.05, 3.63) is 47.2 Å². The van der Waals surface area contributed by atoms with E-state index in [9.17, 15) is 4.79 Å². The van der Waals surface area contributed by atoms with Crippen LogP contribution < -0.4 is 0 Å². The zero-order chi connectivity index (χ0) is 11.7. The lowest BCUT2D eigenvalue weighted by atomic mass is 10.1. The summed E-state index contributed by atoms with van der Waals surface area (Å²) in [5, 5.41) is 0. The Morgan fingerprint density at radius 1 is 1.18 bits per heavy atom. The number of carbonyl (C=O) groups excluding carboxylic acids is 1. The van der Waals surface area contributed by atoms with Crippen LogP contribution in [0, 0.1) is 0 Å². The molecule has 1 aliphatic heterocycles. The lowest BCUT2D eigenvalue weighted by Crippen LogP contribution is -2.32. The Morgan fingerprint density at radius 2 is 1.94 bits per heavy atom. The molecule has 0 aromatic heterocycles. The van der Waals surface area contributed by atoms with E-state index in [1.807, 2.05) is 30.5 Å². The van der Waals surface area contributed by atoms with Gasteiger partial charge in [-0.25, -0.2) is 0 Å². The molecule has 0 amide bonds. The van der Waals surface area contributed by atoms with Crippen LogP contribution in [0.3, 0.4) is 0 Å². The highest BCUT2D eigenvalue weighted by molar-refractivity contribution is 6.13. The van der Waals surface area contributed by atoms with Crippen molar-refractivity contribution in [2.45, 2.75) is 6.42 Å². The van der Waals surface area contributed by atoms with Gasteiger partial charge in [0.1, 0.15) is 0 Å². The summed E-state index contributed by atoms with van der Waals surface area (Å²) in [5.74, 6) is 0.187. The van der Waals surface area contributed by atoms with Gasteiger partial charge in [-0.15, -0.1) is 0 Å². The average Bonchev–Trinajstić information content (AvgIpc) is 2.68. The molecule has 0 atom stereocenters. The molecule has 88 valence electrons. The Kier molecular flexibility index (Phi) is 2.69. The number of hydrogen-bond donors (Lipinski definition) is 0. The summed E-state index contributed by atoms with van der Waals surface area (Å²) in [6, 6.07) is 7.86. The topological polar surface area (TPSA) is 29.5 Å². The second kappa shape index (κ2) is 4.34. The minimum atomic E-state index is 0.187. The molecule has 0 spiro atoms. The molecule has 0 bridgehead atoms. The lowest BCUT2D eigenvalue weighted by molar-refractivity contribution is 0.0587. The number of allylic oxidation sites excluding steroid dienone is 1. The smallest absolute Gasteiger partial charge is 0.191 e. The van der Waals surface area contributed by atoms with Gasteiger partial charge in [-0.1, -0.05) is 24.3 Å². The SMILES string of the molecule is O=C1/C(=C/N2CCOCC2)Cc2ccccc21. The first kappa shape index (κ1) is 10.5. The van der Waals surface area contributed by atoms with Crippen molar-refractivity contribution in [2.75, 3.05) is 26.3 Å². The van der Waals surface area contributed by atoms with Gasteiger partial charge < -0.3 is 9.64 Å². The normalized spacial score (nSPS) is 22.0. The van der Waals surface area contributed by atoms with Crippen LogP contribution in [0.5, 0.6) is 0 Å². The van der Waals surface area contributed by atoms with E-state index in [0.717, 1.165) is 49.4 Å². The number of benzene rings is 1. The van der Waals surface area contributed by atoms with Crippen LogP contribution >= 0.6 is 0 Å². The second-order valence-corrected chi connectivity index (χ2v) is 4.47. The number of nitrogens with zero attached hydrogens (tertiary/aromatic N) is 1. The van der Waals surface area contributed by atoms with E-state index in [1.54, 1.807) is 0 Å². The van der Waals surface area contributed by atoms with E-state index >= 15 is 0 Å². The van der Waals surface area contributed by atoms with E-state index in [2.05, 4.69) is 4.90 Å². The first-order valence-corrected chi connectivity index (χ1v) is 6.00. The molecule has 0 N–H and O–H groups in total. The van der Waals surface area contributed by atoms with Crippen LogP contribution in [0.4, 0.5) is 0 Å². The van der Waals surface area contributed by atoms with Crippen molar-refractivity contribution in [3.8, 4) is 0 Å². The molecule has 3 heteroatoms. The van der Waals surface area contributed by atoms with Crippen molar-refractivity contribution in [2.24, 2.45) is 0 Å². The summed E-state index contributed by atoms with van der Waals surface area (Å²) in [6.07, 6.45) is 2.79. The number of hydrogen-bond acceptors (Lipinski definition) is 3. The first-order chi connectivity index (χ1) is 8.34. The minimum absolute atomic E-state index is 0.187. The number of carbonyl (C=O) groups is 1. The molecule has 3 nitrogen and oxygen atoms in total. The standard InChI is InChI=1S/C14H15NO2/c16-14-12(10-15-5-7-17-8-6-15)9-11-3-1-2-4-13(11)14/h1-4,10H,5-9H2/b12-10+. The molecule has 1 fully saturated rings. The van der Waals surface area contributed by atoms with Gasteiger partial charge in [0.15, 0.2) is 5.78 Å². The van der Waals surface area contributed by atoms with Crippen molar-refractivity contribution >= 4 is 5.78 Å². The predicted octanol–water partition coefficient (Wildman–Crippen LogP) is 1.64. The van der Waals surface area contributed by atoms with Crippen LogP contribution in [-0.2, 0) is 11.2 Å². The summed E-state index contributed by atoms with van der Waals surface area (Å²) >= 11 is 0. The van der Waals surface area contributed by atoms with Gasteiger partial charge in [0.2, 0.25) is 0 Å². The Labute approximate surface area is 101 Å². The first-order valence-electron chi connectivity index (χ1n) is 6.00. The van der Waals surface area contributed by atoms with Gasteiger partial charge in [0.05, 0.1) is 13.2 Å². The van der Waals surface area contributed by atoms with Crippen LogP contribution in [0.25, 0.3) is 0 Å². The van der Waals surface area contributed by atoms with Crippen molar-refractivity contribution in [3.63, 3.8) is 0 Å². The maximum atomic E-state index is 12.1. The third-order valence-corrected chi connectivity index (χ3v) is 3.32. The highest BCUT2D eigenvalue weighted by Gasteiger charge is 2.24. The van der Waals surface area contributed by atoms with Crippen molar-refractivity contribution in [1.82, 2.24) is 4.90 Å². The fourth-order valence-corrected chi connectivity index (χ4v) is 2.39. The summed E-state index contributed by atoms with van der Waals surface area (Å²) in [7, 11) is 0. The molecular weight excluding hydrogens is 214 g/mol. The molecule has 2 aliphatic rings. The second-order valence-electron chi connectivity index (χ2n) is 4.47. The number of morpholine rings is 1. The number of Topliss-reactive ketones (excluding diaryl/α,β-unsaturated/α-hetero) is 1. The Bertz CT molecular complexity index is 473. The van der Waals surface area contributed by atoms with Gasteiger partial charge in [-0.2, -0.15) is 0 Å². The quantitative estimate of drug-likeness (QED) is 0.686. The molecule has 3 rings (SSSR count). The molecule has 1 saturated heterocycles. The number of rotatable bonds is 1. The predicted molar refractivity (Wildman–Crippen MR) is 65.0 cm³/mol. The molecule has 0 radical (unpaired) electrons. The van der Waals surface area contributed by atoms with Crippen LogP contribution in [0.15, 0.2) is 36.0 Å². The van der Waals surface area contributed by atoms with Gasteiger partial charge >= 0.3 is 0 Å². The molecule has 1 aromatic carbocycles. The van der Waals surface area contributed by atoms with E-state index in [4.69, 9.17) is 4.74 Å². The number of ketones is 1. The highest BCUT2D eigenvalue weighted by atomic mass is 16.5. The molecule has 0 unspecified atom stereocenters. The van der Waals surface area contributed by atoms with Crippen LogP contribution in [-0.4, -0.2) is 37.0 Å². The van der Waals surface area contributed by atoms with E-state index in [0.29, 0.717) is 0 Å². The number of ether oxygens (including phenoxy) is 1. The summed E-state index contributed by atoms with van der Waals surface area (Å²) in [5.41, 5.74) is 2.93. The van der Waals surface area contributed by atoms with Crippen molar-refractivity contribution < 1.29 is 9.53 Å². The molecular formula is C14H15NO2. The summed E-state index contributed by atoms with van der Waals surface area (Å²) in [4.78, 5) is 14.3. The monoisotopic (exact) mass is 229 g/mol. The van der Waals surface area contributed by atoms with Crippen LogP contribution in [0.2, 0.25) is 0 Å². The average molecular weight is 229 g/mol. The number of fused-ring (bicyclic) bond motifs is 1. The van der Waals surface area contributed by atoms with E-state index in [1.165, 1.54) is 0 Å². The minimum Gasteiger partial charge on any atom is -0.378 e. The third-order valence-electron chi connectivity index (χ3n) is 3.32. The molecule has 1 aliphatic carbocycles. The lowest BCUT2D eigenvalue weighted by Gasteiger charge is -2.25. The largest absolute Gasteiger partial charge is 0.378 e. The Morgan fingerprint density at radius 3 is 2.71 bits per heavy atom. The molecule has 1 aromatic rings. The van der Waals surface area contributed by atoms with Gasteiger partial charge in [-0.3, -0.25) is 4.79 Å². The van der Waals surface area contributed by atoms with Crippen molar-refractivity contribution in [1.29, 1.82) is 0 Å². The van der Waals surface area contributed by atoms with E-state index in [-0.39, 0.29) is 5.78 Å². The van der Waals surface area contributed by atoms with E-state index < -0.39 is 0 Å². The fraction of sp³-hybridized carbons (Fsp3) is 0.357. The fourth-order valence-electron chi connectivity index (χ4n) is 2.39. The maximum Gasteiger partial charge on any atom is 0.191 e. The van der Waals surface area contributed by atoms with Gasteiger partial charge in [0, 0.05) is 36.8 Å². The Hall–Kier alpha value is -1.61. The Balaban J connectivity index is 1.83. The third kappa shape index (κ3) is 1.98. The van der Waals surface area contributed by atoms with Crippen LogP contribution in [0.1, 0.15) is 15.9 Å². The van der Waals surface area contributed by atoms with Gasteiger partial charge in [0.25, 0.3) is 0 Å². The zero-order valence-corrected chi connectivity index (χ0v) is 9.69. The molecule has 17 heavy (non-hydrogen) atoms. The van der Waals surface area contributed by atoms with Gasteiger partial charge in [-0.05, 0) is 5.56 Å². The molecule has 1 heterocycles. The summed E-state index contributed by atoms with van der Waals surface area (Å²) in [6.45, 7) is 3.27. The highest BCUT2D eigenvalue weighted by Crippen LogP contribution is 2.26. The maximum absolute atomic E-state index is 12.1.